The number of hydrogen-bond acceptors (Lipinski definition) is 5. The first-order valence-corrected chi connectivity index (χ1v) is 14.3. The van der Waals surface area contributed by atoms with Crippen LogP contribution in [0.3, 0.4) is 0 Å². The molecule has 0 amide bonds. The van der Waals surface area contributed by atoms with Gasteiger partial charge in [-0.3, -0.25) is 24.2 Å². The molecule has 4 aromatic rings. The molecule has 4 aliphatic carbocycles. The molecule has 0 bridgehead atoms. The summed E-state index contributed by atoms with van der Waals surface area (Å²) in [4.78, 5) is 60.0. The Hall–Kier alpha value is -5.43. The van der Waals surface area contributed by atoms with Gasteiger partial charge in [-0.2, -0.15) is 0 Å². The van der Waals surface area contributed by atoms with E-state index in [-0.39, 0.29) is 28.3 Å². The van der Waals surface area contributed by atoms with Gasteiger partial charge in [0.1, 0.15) is 11.6 Å². The van der Waals surface area contributed by atoms with Gasteiger partial charge in [-0.1, -0.05) is 60.7 Å². The monoisotopic (exact) mass is 579 g/mol. The lowest BCUT2D eigenvalue weighted by molar-refractivity contribution is 0.0806. The number of Topliss-reactive ketones (excluding diaryl/α,β-unsaturated/α-hetero) is 4. The van der Waals surface area contributed by atoms with E-state index >= 15 is 0 Å². The molecule has 1 aliphatic heterocycles. The number of aliphatic imine (C=N–C) groups is 1. The summed E-state index contributed by atoms with van der Waals surface area (Å²) in [6, 6.07) is 21.1. The number of dihydropyridines is 1. The Labute approximate surface area is 249 Å². The van der Waals surface area contributed by atoms with E-state index in [1.54, 1.807) is 60.7 Å². The highest BCUT2D eigenvalue weighted by Crippen LogP contribution is 2.56. The van der Waals surface area contributed by atoms with Crippen molar-refractivity contribution >= 4 is 34.4 Å². The third-order valence-electron chi connectivity index (χ3n) is 9.66. The second-order valence-corrected chi connectivity index (χ2v) is 11.8. The van der Waals surface area contributed by atoms with Gasteiger partial charge in [0.15, 0.2) is 23.1 Å². The lowest BCUT2D eigenvalue weighted by Crippen LogP contribution is -2.32. The van der Waals surface area contributed by atoms with Gasteiger partial charge in [-0.15, -0.1) is 0 Å². The van der Waals surface area contributed by atoms with Crippen molar-refractivity contribution in [3.05, 3.63) is 158 Å². The number of carbonyl (C=O) groups is 4. The topological polar surface area (TPSA) is 80.6 Å². The number of halogens is 2. The maximum atomic E-state index is 14.8. The molecule has 7 heteroatoms. The van der Waals surface area contributed by atoms with Gasteiger partial charge >= 0.3 is 0 Å². The summed E-state index contributed by atoms with van der Waals surface area (Å²) in [5, 5.41) is 0. The van der Waals surface area contributed by atoms with Crippen LogP contribution < -0.4 is 0 Å². The maximum Gasteiger partial charge on any atom is 0.198 e. The Morgan fingerprint density at radius 1 is 0.568 bits per heavy atom. The molecule has 0 saturated carbocycles. The highest BCUT2D eigenvalue weighted by atomic mass is 19.1. The predicted octanol–water partition coefficient (Wildman–Crippen LogP) is 6.49. The Balaban J connectivity index is 1.27. The number of allylic oxidation sites excluding steroid dienone is 3. The minimum absolute atomic E-state index is 0.0431. The quantitative estimate of drug-likeness (QED) is 0.147. The van der Waals surface area contributed by atoms with Crippen molar-refractivity contribution in [3.8, 4) is 0 Å². The highest BCUT2D eigenvalue weighted by molar-refractivity contribution is 6.46. The molecule has 0 N–H and O–H groups in total. The molecule has 0 spiro atoms. The SMILES string of the molecule is O=C1C(=C2C3=CC4c5ccc(F)cc5C(C5C(=O)c6ccccc6C5=O)C4N=C3c3ccc(F)cc32)C(=O)c2ccccc21. The third-order valence-corrected chi connectivity index (χ3v) is 9.66. The summed E-state index contributed by atoms with van der Waals surface area (Å²) in [6.45, 7) is 0. The van der Waals surface area contributed by atoms with Gasteiger partial charge in [-0.05, 0) is 47.0 Å². The molecule has 4 aromatic carbocycles. The lowest BCUT2D eigenvalue weighted by Gasteiger charge is -2.28. The molecule has 0 fully saturated rings. The Morgan fingerprint density at radius 3 is 1.82 bits per heavy atom. The van der Waals surface area contributed by atoms with Crippen molar-refractivity contribution < 1.29 is 28.0 Å². The minimum atomic E-state index is -1.08. The van der Waals surface area contributed by atoms with Crippen LogP contribution in [0.5, 0.6) is 0 Å². The van der Waals surface area contributed by atoms with Gasteiger partial charge in [0.25, 0.3) is 0 Å². The number of rotatable bonds is 1. The van der Waals surface area contributed by atoms with Crippen molar-refractivity contribution in [2.24, 2.45) is 10.9 Å². The van der Waals surface area contributed by atoms with Crippen LogP contribution in [-0.2, 0) is 0 Å². The van der Waals surface area contributed by atoms with Crippen LogP contribution in [0.4, 0.5) is 8.78 Å². The molecule has 0 saturated heterocycles. The van der Waals surface area contributed by atoms with Crippen molar-refractivity contribution in [1.29, 1.82) is 0 Å². The molecule has 3 unspecified atom stereocenters. The molecular formula is C37H19F2NO4. The fraction of sp³-hybridized carbons (Fsp3) is 0.108. The van der Waals surface area contributed by atoms with Gasteiger partial charge in [-0.25, -0.2) is 8.78 Å². The first kappa shape index (κ1) is 25.1. The number of ketones is 4. The first-order chi connectivity index (χ1) is 21.3. The number of benzene rings is 4. The van der Waals surface area contributed by atoms with Crippen LogP contribution in [0.2, 0.25) is 0 Å². The molecule has 5 aliphatic rings. The Bertz CT molecular complexity index is 2130. The number of hydrogen-bond donors (Lipinski definition) is 0. The van der Waals surface area contributed by atoms with E-state index in [0.29, 0.717) is 50.2 Å². The molecule has 1 heterocycles. The molecule has 44 heavy (non-hydrogen) atoms. The van der Waals surface area contributed by atoms with Gasteiger partial charge in [0.2, 0.25) is 0 Å². The summed E-state index contributed by atoms with van der Waals surface area (Å²) in [5.41, 5.74) is 4.68. The third kappa shape index (κ3) is 3.08. The van der Waals surface area contributed by atoms with Gasteiger partial charge in [0, 0.05) is 50.8 Å². The van der Waals surface area contributed by atoms with Crippen LogP contribution >= 0.6 is 0 Å². The molecule has 210 valence electrons. The summed E-state index contributed by atoms with van der Waals surface area (Å²) >= 11 is 0. The average Bonchev–Trinajstić information content (AvgIpc) is 3.67. The Morgan fingerprint density at radius 2 is 1.16 bits per heavy atom. The van der Waals surface area contributed by atoms with Gasteiger partial charge in [0.05, 0.1) is 23.2 Å². The summed E-state index contributed by atoms with van der Waals surface area (Å²) in [5.74, 6) is -4.86. The summed E-state index contributed by atoms with van der Waals surface area (Å²) < 4.78 is 29.5. The normalized spacial score (nSPS) is 22.8. The Kier molecular flexibility index (Phi) is 4.89. The minimum Gasteiger partial charge on any atom is -0.293 e. The van der Waals surface area contributed by atoms with Crippen molar-refractivity contribution in [1.82, 2.24) is 0 Å². The molecule has 0 radical (unpaired) electrons. The molecule has 0 aromatic heterocycles. The summed E-state index contributed by atoms with van der Waals surface area (Å²) in [6.07, 6.45) is 1.89. The van der Waals surface area contributed by atoms with E-state index in [4.69, 9.17) is 4.99 Å². The van der Waals surface area contributed by atoms with Crippen LogP contribution in [-0.4, -0.2) is 34.9 Å². The second kappa shape index (κ2) is 8.57. The maximum absolute atomic E-state index is 14.8. The molecule has 3 atom stereocenters. The molecule has 9 rings (SSSR count). The van der Waals surface area contributed by atoms with E-state index in [9.17, 15) is 28.0 Å². The van der Waals surface area contributed by atoms with E-state index in [1.165, 1.54) is 24.3 Å². The highest BCUT2D eigenvalue weighted by Gasteiger charge is 2.54. The van der Waals surface area contributed by atoms with Crippen LogP contribution in [0, 0.1) is 17.6 Å². The fourth-order valence-corrected chi connectivity index (χ4v) is 7.86. The number of carbonyl (C=O) groups excluding carboxylic acids is 4. The molecular weight excluding hydrogens is 560 g/mol. The van der Waals surface area contributed by atoms with Gasteiger partial charge < -0.3 is 0 Å². The zero-order valence-electron chi connectivity index (χ0n) is 22.8. The predicted molar refractivity (Wildman–Crippen MR) is 157 cm³/mol. The van der Waals surface area contributed by atoms with E-state index in [1.807, 2.05) is 6.08 Å². The zero-order valence-corrected chi connectivity index (χ0v) is 22.8. The van der Waals surface area contributed by atoms with E-state index in [2.05, 4.69) is 0 Å². The standard InChI is InChI=1S/C37H19F2NO4/c38-16-9-11-18-24(13-16)29(31-36(43)22-7-3-4-8-23(22)37(31)44)33-26(18)15-27-28(25-14-17(39)10-12-19(25)32(27)40-33)30-34(41)20-5-1-2-6-21(20)35(30)42/h1-15,26,29,31,33H. The largest absolute Gasteiger partial charge is 0.293 e. The molecule has 5 nitrogen and oxygen atoms in total. The van der Waals surface area contributed by atoms with E-state index < -0.39 is 47.0 Å². The van der Waals surface area contributed by atoms with Crippen molar-refractivity contribution in [2.75, 3.05) is 0 Å². The fourth-order valence-electron chi connectivity index (χ4n) is 7.86. The van der Waals surface area contributed by atoms with Crippen molar-refractivity contribution in [2.45, 2.75) is 17.9 Å². The summed E-state index contributed by atoms with van der Waals surface area (Å²) in [7, 11) is 0. The van der Waals surface area contributed by atoms with E-state index in [0.717, 1.165) is 0 Å². The number of nitrogens with zero attached hydrogens (tertiary/aromatic N) is 1. The van der Waals surface area contributed by atoms with Crippen LogP contribution in [0.1, 0.15) is 75.5 Å². The average molecular weight is 580 g/mol. The van der Waals surface area contributed by atoms with Crippen LogP contribution in [0.15, 0.2) is 107 Å². The first-order valence-electron chi connectivity index (χ1n) is 14.3. The van der Waals surface area contributed by atoms with Crippen molar-refractivity contribution in [3.63, 3.8) is 0 Å². The number of fused-ring (bicyclic) bond motifs is 8. The lowest BCUT2D eigenvalue weighted by atomic mass is 9.79. The zero-order chi connectivity index (χ0) is 30.0. The van der Waals surface area contributed by atoms with Crippen LogP contribution in [0.25, 0.3) is 5.57 Å². The smallest absolute Gasteiger partial charge is 0.198 e. The second-order valence-electron chi connectivity index (χ2n) is 11.8.